The molecule has 1 heterocycles. The second-order valence-corrected chi connectivity index (χ2v) is 5.99. The summed E-state index contributed by atoms with van der Waals surface area (Å²) in [7, 11) is -3.08. The predicted molar refractivity (Wildman–Crippen MR) is 50.9 cm³/mol. The van der Waals surface area contributed by atoms with Gasteiger partial charge in [-0.3, -0.25) is 0 Å². The second-order valence-electron chi connectivity index (χ2n) is 4.01. The molecule has 5 heteroatoms. The van der Waals surface area contributed by atoms with Gasteiger partial charge in [0.05, 0.1) is 11.9 Å². The Hall–Kier alpha value is -0.130. The van der Waals surface area contributed by atoms with Crippen LogP contribution < -0.4 is 0 Å². The molecule has 1 N–H and O–H groups in total. The van der Waals surface area contributed by atoms with Crippen LogP contribution in [0, 0.1) is 0 Å². The SMILES string of the molecule is CC1(O)CCCN(S(C)(=O)=O)CC1. The summed E-state index contributed by atoms with van der Waals surface area (Å²) in [5, 5.41) is 9.72. The summed E-state index contributed by atoms with van der Waals surface area (Å²) in [5.74, 6) is 0. The molecule has 0 aromatic heterocycles. The molecule has 1 fully saturated rings. The summed E-state index contributed by atoms with van der Waals surface area (Å²) in [6.45, 7) is 2.74. The van der Waals surface area contributed by atoms with E-state index in [-0.39, 0.29) is 0 Å². The third-order valence-electron chi connectivity index (χ3n) is 2.49. The molecule has 1 saturated heterocycles. The highest BCUT2D eigenvalue weighted by Gasteiger charge is 2.28. The third-order valence-corrected chi connectivity index (χ3v) is 3.79. The molecule has 0 radical (unpaired) electrons. The largest absolute Gasteiger partial charge is 0.390 e. The minimum absolute atomic E-state index is 0.436. The maximum absolute atomic E-state index is 11.2. The van der Waals surface area contributed by atoms with Crippen molar-refractivity contribution in [3.8, 4) is 0 Å². The van der Waals surface area contributed by atoms with Gasteiger partial charge in [0.15, 0.2) is 0 Å². The fourth-order valence-corrected chi connectivity index (χ4v) is 2.45. The zero-order chi connectivity index (χ0) is 10.1. The van der Waals surface area contributed by atoms with E-state index in [9.17, 15) is 13.5 Å². The van der Waals surface area contributed by atoms with Gasteiger partial charge in [-0.1, -0.05) is 0 Å². The molecule has 0 aromatic rings. The lowest BCUT2D eigenvalue weighted by Crippen LogP contribution is -2.32. The van der Waals surface area contributed by atoms with E-state index < -0.39 is 15.6 Å². The van der Waals surface area contributed by atoms with Crippen LogP contribution in [0.5, 0.6) is 0 Å². The Morgan fingerprint density at radius 3 is 2.46 bits per heavy atom. The van der Waals surface area contributed by atoms with Crippen LogP contribution in [0.2, 0.25) is 0 Å². The van der Waals surface area contributed by atoms with Gasteiger partial charge in [-0.15, -0.1) is 0 Å². The maximum atomic E-state index is 11.2. The molecule has 1 aliphatic rings. The highest BCUT2D eigenvalue weighted by Crippen LogP contribution is 2.22. The smallest absolute Gasteiger partial charge is 0.211 e. The van der Waals surface area contributed by atoms with Crippen LogP contribution in [0.3, 0.4) is 0 Å². The molecule has 1 rings (SSSR count). The summed E-state index contributed by atoms with van der Waals surface area (Å²) < 4.78 is 23.8. The lowest BCUT2D eigenvalue weighted by molar-refractivity contribution is 0.0465. The van der Waals surface area contributed by atoms with Gasteiger partial charge >= 0.3 is 0 Å². The van der Waals surface area contributed by atoms with Gasteiger partial charge in [0, 0.05) is 13.1 Å². The third kappa shape index (κ3) is 3.25. The Labute approximate surface area is 79.6 Å². The first-order valence-corrected chi connectivity index (χ1v) is 6.34. The van der Waals surface area contributed by atoms with Gasteiger partial charge in [-0.05, 0) is 26.2 Å². The van der Waals surface area contributed by atoms with Crippen LogP contribution in [0.4, 0.5) is 0 Å². The Bertz CT molecular complexity index is 271. The van der Waals surface area contributed by atoms with Crippen LogP contribution in [0.25, 0.3) is 0 Å². The van der Waals surface area contributed by atoms with Crippen LogP contribution in [-0.4, -0.2) is 42.8 Å². The van der Waals surface area contributed by atoms with Crippen LogP contribution in [0.15, 0.2) is 0 Å². The van der Waals surface area contributed by atoms with Crippen LogP contribution >= 0.6 is 0 Å². The van der Waals surface area contributed by atoms with Crippen LogP contribution in [-0.2, 0) is 10.0 Å². The van der Waals surface area contributed by atoms with E-state index >= 15 is 0 Å². The minimum Gasteiger partial charge on any atom is -0.390 e. The second kappa shape index (κ2) is 3.55. The van der Waals surface area contributed by atoms with Crippen molar-refractivity contribution in [1.82, 2.24) is 4.31 Å². The van der Waals surface area contributed by atoms with Crippen molar-refractivity contribution >= 4 is 10.0 Å². The van der Waals surface area contributed by atoms with Gasteiger partial charge in [0.1, 0.15) is 0 Å². The lowest BCUT2D eigenvalue weighted by Gasteiger charge is -2.20. The number of sulfonamides is 1. The van der Waals surface area contributed by atoms with Gasteiger partial charge in [-0.2, -0.15) is 0 Å². The van der Waals surface area contributed by atoms with Gasteiger partial charge in [0.25, 0.3) is 0 Å². The average Bonchev–Trinajstić information content (AvgIpc) is 2.08. The molecule has 4 nitrogen and oxygen atoms in total. The fraction of sp³-hybridized carbons (Fsp3) is 1.00. The van der Waals surface area contributed by atoms with Crippen molar-refractivity contribution in [1.29, 1.82) is 0 Å². The number of aliphatic hydroxyl groups is 1. The molecule has 13 heavy (non-hydrogen) atoms. The number of rotatable bonds is 1. The summed E-state index contributed by atoms with van der Waals surface area (Å²) in [6.07, 6.45) is 3.16. The van der Waals surface area contributed by atoms with Crippen molar-refractivity contribution in [2.45, 2.75) is 31.8 Å². The average molecular weight is 207 g/mol. The zero-order valence-corrected chi connectivity index (χ0v) is 8.97. The molecule has 0 bridgehead atoms. The van der Waals surface area contributed by atoms with E-state index in [2.05, 4.69) is 0 Å². The summed E-state index contributed by atoms with van der Waals surface area (Å²) in [6, 6.07) is 0. The Balaban J connectivity index is 2.66. The maximum Gasteiger partial charge on any atom is 0.211 e. The van der Waals surface area contributed by atoms with E-state index in [4.69, 9.17) is 0 Å². The van der Waals surface area contributed by atoms with Crippen molar-refractivity contribution in [3.05, 3.63) is 0 Å². The Morgan fingerprint density at radius 2 is 1.92 bits per heavy atom. The first kappa shape index (κ1) is 10.9. The fourth-order valence-electron chi connectivity index (χ4n) is 1.57. The topological polar surface area (TPSA) is 57.6 Å². The van der Waals surface area contributed by atoms with Gasteiger partial charge in [0.2, 0.25) is 10.0 Å². The normalized spacial score (nSPS) is 32.8. The standard InChI is InChI=1S/C8H17NO3S/c1-8(10)4-3-6-9(7-5-8)13(2,11)12/h10H,3-7H2,1-2H3. The van der Waals surface area contributed by atoms with Crippen LogP contribution in [0.1, 0.15) is 26.2 Å². The zero-order valence-electron chi connectivity index (χ0n) is 8.15. The van der Waals surface area contributed by atoms with E-state index in [1.807, 2.05) is 0 Å². The molecule has 1 atom stereocenters. The molecule has 0 amide bonds. The first-order valence-electron chi connectivity index (χ1n) is 4.49. The summed E-state index contributed by atoms with van der Waals surface area (Å²) in [5.41, 5.74) is -0.695. The van der Waals surface area contributed by atoms with Crippen molar-refractivity contribution in [3.63, 3.8) is 0 Å². The number of hydrogen-bond acceptors (Lipinski definition) is 3. The molecule has 78 valence electrons. The van der Waals surface area contributed by atoms with Crippen molar-refractivity contribution in [2.75, 3.05) is 19.3 Å². The summed E-state index contributed by atoms with van der Waals surface area (Å²) >= 11 is 0. The molecule has 1 unspecified atom stereocenters. The lowest BCUT2D eigenvalue weighted by atomic mass is 9.98. The minimum atomic E-state index is -3.08. The highest BCUT2D eigenvalue weighted by molar-refractivity contribution is 7.88. The molecular formula is C8H17NO3S. The van der Waals surface area contributed by atoms with E-state index in [0.29, 0.717) is 25.9 Å². The van der Waals surface area contributed by atoms with Gasteiger partial charge in [-0.25, -0.2) is 12.7 Å². The van der Waals surface area contributed by atoms with Crippen molar-refractivity contribution in [2.24, 2.45) is 0 Å². The van der Waals surface area contributed by atoms with Gasteiger partial charge < -0.3 is 5.11 Å². The first-order chi connectivity index (χ1) is 5.81. The molecule has 0 aromatic carbocycles. The van der Waals surface area contributed by atoms with E-state index in [1.54, 1.807) is 6.92 Å². The highest BCUT2D eigenvalue weighted by atomic mass is 32.2. The quantitative estimate of drug-likeness (QED) is 0.667. The predicted octanol–water partition coefficient (Wildman–Crippen LogP) is 0.183. The molecule has 0 saturated carbocycles. The summed E-state index contributed by atoms with van der Waals surface area (Å²) in [4.78, 5) is 0. The van der Waals surface area contributed by atoms with E-state index in [0.717, 1.165) is 6.42 Å². The number of nitrogens with zero attached hydrogens (tertiary/aromatic N) is 1. The Kier molecular flexibility index (Phi) is 2.99. The molecule has 0 spiro atoms. The van der Waals surface area contributed by atoms with E-state index in [1.165, 1.54) is 10.6 Å². The monoisotopic (exact) mass is 207 g/mol. The number of hydrogen-bond donors (Lipinski definition) is 1. The molecule has 1 aliphatic heterocycles. The molecule has 0 aliphatic carbocycles. The Morgan fingerprint density at radius 1 is 1.31 bits per heavy atom. The van der Waals surface area contributed by atoms with Crippen molar-refractivity contribution < 1.29 is 13.5 Å². The molecular weight excluding hydrogens is 190 g/mol.